The Morgan fingerprint density at radius 2 is 1.85 bits per heavy atom. The topological polar surface area (TPSA) is 60.7 Å². The molecule has 4 rings (SSSR count). The molecule has 0 radical (unpaired) electrons. The van der Waals surface area contributed by atoms with Gasteiger partial charge in [0, 0.05) is 34.6 Å². The number of halogens is 1. The molecule has 0 N–H and O–H groups in total. The van der Waals surface area contributed by atoms with Crippen molar-refractivity contribution in [3.8, 4) is 11.4 Å². The van der Waals surface area contributed by atoms with Gasteiger partial charge >= 0.3 is 0 Å². The minimum Gasteiger partial charge on any atom is -0.299 e. The summed E-state index contributed by atoms with van der Waals surface area (Å²) < 4.78 is 2.16. The zero-order valence-corrected chi connectivity index (χ0v) is 15.7. The second-order valence-electron chi connectivity index (χ2n) is 6.27. The lowest BCUT2D eigenvalue weighted by Crippen LogP contribution is -2.14. The molecule has 0 saturated heterocycles. The summed E-state index contributed by atoms with van der Waals surface area (Å²) >= 11 is 7.36. The van der Waals surface area contributed by atoms with Crippen LogP contribution in [0.3, 0.4) is 0 Å². The van der Waals surface area contributed by atoms with E-state index in [1.807, 2.05) is 19.1 Å². The molecule has 1 atom stereocenters. The molecule has 1 aromatic carbocycles. The van der Waals surface area contributed by atoms with E-state index in [9.17, 15) is 4.79 Å². The number of hydrogen-bond acceptors (Lipinski definition) is 5. The van der Waals surface area contributed by atoms with E-state index in [2.05, 4.69) is 19.7 Å². The second kappa shape index (κ2) is 7.21. The maximum absolute atomic E-state index is 12.7. The van der Waals surface area contributed by atoms with Gasteiger partial charge in [-0.2, -0.15) is 0 Å². The van der Waals surface area contributed by atoms with Crippen LogP contribution in [-0.2, 0) is 0 Å². The number of thioether (sulfide) groups is 1. The summed E-state index contributed by atoms with van der Waals surface area (Å²) in [7, 11) is 0. The van der Waals surface area contributed by atoms with E-state index >= 15 is 0 Å². The van der Waals surface area contributed by atoms with Crippen LogP contribution < -0.4 is 0 Å². The molecular weight excluding hydrogens is 368 g/mol. The number of nitrogens with zero attached hydrogens (tertiary/aromatic N) is 4. The molecule has 3 aromatic rings. The zero-order valence-electron chi connectivity index (χ0n) is 14.2. The fourth-order valence-electron chi connectivity index (χ4n) is 2.78. The van der Waals surface area contributed by atoms with Crippen LogP contribution in [0.2, 0.25) is 5.02 Å². The van der Waals surface area contributed by atoms with Crippen LogP contribution in [-0.4, -0.2) is 30.8 Å². The van der Waals surface area contributed by atoms with Gasteiger partial charge < -0.3 is 0 Å². The Kier molecular flexibility index (Phi) is 4.78. The van der Waals surface area contributed by atoms with Crippen molar-refractivity contribution >= 4 is 29.1 Å². The van der Waals surface area contributed by atoms with Gasteiger partial charge in [0.15, 0.2) is 16.8 Å². The summed E-state index contributed by atoms with van der Waals surface area (Å²) in [6.45, 7) is 1.90. The average molecular weight is 385 g/mol. The number of aromatic nitrogens is 4. The quantitative estimate of drug-likeness (QED) is 0.455. The standard InChI is InChI=1S/C19H17ClN4OS/c1-12(17(25)13-2-4-15(20)5-3-13)26-19-23-22-18(24(19)16-6-7-16)14-8-10-21-11-9-14/h2-5,8-12,16H,6-7H2,1H3/t12-/m0/s1. The molecule has 2 heterocycles. The number of ketones is 1. The average Bonchev–Trinajstić information content (AvgIpc) is 3.42. The number of pyridine rings is 1. The number of Topliss-reactive ketones (excluding diaryl/α,β-unsaturated/α-hetero) is 1. The van der Waals surface area contributed by atoms with E-state index in [0.717, 1.165) is 29.4 Å². The highest BCUT2D eigenvalue weighted by molar-refractivity contribution is 8.00. The molecular formula is C19H17ClN4OS. The minimum absolute atomic E-state index is 0.0578. The lowest BCUT2D eigenvalue weighted by molar-refractivity contribution is 0.0994. The number of carbonyl (C=O) groups is 1. The summed E-state index contributed by atoms with van der Waals surface area (Å²) in [6.07, 6.45) is 5.73. The van der Waals surface area contributed by atoms with Crippen molar-refractivity contribution in [2.45, 2.75) is 36.2 Å². The molecule has 26 heavy (non-hydrogen) atoms. The Labute approximate surface area is 160 Å². The van der Waals surface area contributed by atoms with Gasteiger partial charge in [-0.15, -0.1) is 10.2 Å². The van der Waals surface area contributed by atoms with Crippen molar-refractivity contribution in [3.63, 3.8) is 0 Å². The van der Waals surface area contributed by atoms with Crippen LogP contribution in [0.5, 0.6) is 0 Å². The molecule has 0 unspecified atom stereocenters. The van der Waals surface area contributed by atoms with E-state index in [1.54, 1.807) is 36.7 Å². The van der Waals surface area contributed by atoms with E-state index in [0.29, 0.717) is 16.6 Å². The molecule has 7 heteroatoms. The third kappa shape index (κ3) is 3.52. The fourth-order valence-corrected chi connectivity index (χ4v) is 3.90. The van der Waals surface area contributed by atoms with Crippen molar-refractivity contribution in [2.75, 3.05) is 0 Å². The summed E-state index contributed by atoms with van der Waals surface area (Å²) in [6, 6.07) is 11.3. The predicted octanol–water partition coefficient (Wildman–Crippen LogP) is 4.69. The van der Waals surface area contributed by atoms with Crippen LogP contribution in [0.25, 0.3) is 11.4 Å². The van der Waals surface area contributed by atoms with Crippen molar-refractivity contribution in [1.29, 1.82) is 0 Å². The molecule has 1 aliphatic rings. The van der Waals surface area contributed by atoms with E-state index in [-0.39, 0.29) is 11.0 Å². The molecule has 132 valence electrons. The molecule has 2 aromatic heterocycles. The van der Waals surface area contributed by atoms with Gasteiger partial charge in [-0.3, -0.25) is 14.3 Å². The van der Waals surface area contributed by atoms with Crippen LogP contribution in [0.15, 0.2) is 53.9 Å². The first-order chi connectivity index (χ1) is 12.6. The predicted molar refractivity (Wildman–Crippen MR) is 103 cm³/mol. The SMILES string of the molecule is C[C@H](Sc1nnc(-c2ccncc2)n1C1CC1)C(=O)c1ccc(Cl)cc1. The first-order valence-electron chi connectivity index (χ1n) is 8.45. The van der Waals surface area contributed by atoms with Crippen LogP contribution in [0.4, 0.5) is 0 Å². The second-order valence-corrected chi connectivity index (χ2v) is 8.02. The Morgan fingerprint density at radius 1 is 1.15 bits per heavy atom. The molecule has 0 amide bonds. The Hall–Kier alpha value is -2.18. The highest BCUT2D eigenvalue weighted by atomic mass is 35.5. The van der Waals surface area contributed by atoms with Gasteiger partial charge in [-0.1, -0.05) is 23.4 Å². The van der Waals surface area contributed by atoms with Gasteiger partial charge in [0.25, 0.3) is 0 Å². The molecule has 1 saturated carbocycles. The summed E-state index contributed by atoms with van der Waals surface area (Å²) in [5.74, 6) is 0.894. The molecule has 5 nitrogen and oxygen atoms in total. The number of benzene rings is 1. The largest absolute Gasteiger partial charge is 0.299 e. The van der Waals surface area contributed by atoms with E-state index in [4.69, 9.17) is 11.6 Å². The summed E-state index contributed by atoms with van der Waals surface area (Å²) in [4.78, 5) is 16.8. The van der Waals surface area contributed by atoms with Crippen molar-refractivity contribution in [1.82, 2.24) is 19.7 Å². The van der Waals surface area contributed by atoms with Gasteiger partial charge in [-0.25, -0.2) is 0 Å². The molecule has 0 aliphatic heterocycles. The number of hydrogen-bond donors (Lipinski definition) is 0. The first-order valence-corrected chi connectivity index (χ1v) is 9.71. The van der Waals surface area contributed by atoms with Gasteiger partial charge in [0.05, 0.1) is 5.25 Å². The number of carbonyl (C=O) groups excluding carboxylic acids is 1. The smallest absolute Gasteiger partial charge is 0.192 e. The zero-order chi connectivity index (χ0) is 18.1. The van der Waals surface area contributed by atoms with Crippen LogP contribution in [0.1, 0.15) is 36.2 Å². The highest BCUT2D eigenvalue weighted by Gasteiger charge is 2.31. The first kappa shape index (κ1) is 17.2. The molecule has 0 bridgehead atoms. The fraction of sp³-hybridized carbons (Fsp3) is 0.263. The lowest BCUT2D eigenvalue weighted by Gasteiger charge is -2.12. The third-order valence-electron chi connectivity index (χ3n) is 4.30. The van der Waals surface area contributed by atoms with E-state index in [1.165, 1.54) is 11.8 Å². The Morgan fingerprint density at radius 3 is 2.50 bits per heavy atom. The Balaban J connectivity index is 1.59. The summed E-state index contributed by atoms with van der Waals surface area (Å²) in [5, 5.41) is 9.89. The Bertz CT molecular complexity index is 922. The van der Waals surface area contributed by atoms with Gasteiger partial charge in [0.2, 0.25) is 0 Å². The number of rotatable bonds is 6. The minimum atomic E-state index is -0.261. The lowest BCUT2D eigenvalue weighted by atomic mass is 10.1. The maximum atomic E-state index is 12.7. The van der Waals surface area contributed by atoms with E-state index < -0.39 is 0 Å². The third-order valence-corrected chi connectivity index (χ3v) is 5.60. The molecule has 1 fully saturated rings. The monoisotopic (exact) mass is 384 g/mol. The van der Waals surface area contributed by atoms with Gasteiger partial charge in [0.1, 0.15) is 0 Å². The van der Waals surface area contributed by atoms with Crippen LogP contribution >= 0.6 is 23.4 Å². The normalized spacial score (nSPS) is 15.0. The van der Waals surface area contributed by atoms with Crippen molar-refractivity contribution in [3.05, 3.63) is 59.4 Å². The molecule has 1 aliphatic carbocycles. The van der Waals surface area contributed by atoms with Gasteiger partial charge in [-0.05, 0) is 56.2 Å². The maximum Gasteiger partial charge on any atom is 0.192 e. The van der Waals surface area contributed by atoms with Crippen LogP contribution in [0, 0.1) is 0 Å². The highest BCUT2D eigenvalue weighted by Crippen LogP contribution is 2.41. The van der Waals surface area contributed by atoms with Crippen molar-refractivity contribution in [2.24, 2.45) is 0 Å². The van der Waals surface area contributed by atoms with Crippen molar-refractivity contribution < 1.29 is 4.79 Å². The summed E-state index contributed by atoms with van der Waals surface area (Å²) in [5.41, 5.74) is 1.64. The molecule has 0 spiro atoms.